The summed E-state index contributed by atoms with van der Waals surface area (Å²) in [7, 11) is 0. The molecule has 0 amide bonds. The number of hydrogen-bond acceptors (Lipinski definition) is 2. The van der Waals surface area contributed by atoms with Gasteiger partial charge in [0, 0.05) is 0 Å². The Morgan fingerprint density at radius 2 is 1.14 bits per heavy atom. The first-order chi connectivity index (χ1) is 9.81. The summed E-state index contributed by atoms with van der Waals surface area (Å²) in [6.07, 6.45) is 0. The molecule has 0 saturated carbocycles. The molecule has 22 heavy (non-hydrogen) atoms. The van der Waals surface area contributed by atoms with E-state index in [1.807, 2.05) is 0 Å². The van der Waals surface area contributed by atoms with E-state index in [0.717, 1.165) is 0 Å². The Hall–Kier alpha value is -2.05. The monoisotopic (exact) mass is 345 g/mol. The smallest absolute Gasteiger partial charge is 0.383 e. The number of halogens is 10. The normalized spacial score (nSPS) is 15.0. The summed E-state index contributed by atoms with van der Waals surface area (Å²) >= 11 is 0. The molecule has 0 saturated heterocycles. The highest BCUT2D eigenvalue weighted by atomic mass is 19.4. The number of benzene rings is 1. The van der Waals surface area contributed by atoms with Crippen molar-refractivity contribution in [3.05, 3.63) is 34.6 Å². The number of carbonyl (C=O) groups is 1. The van der Waals surface area contributed by atoms with Crippen molar-refractivity contribution in [3.8, 4) is 0 Å². The average Bonchev–Trinajstić information content (AvgIpc) is 2.41. The lowest BCUT2D eigenvalue weighted by Gasteiger charge is -2.29. The number of hydrogen-bond donors (Lipinski definition) is 1. The lowest BCUT2D eigenvalue weighted by Crippen LogP contribution is -2.56. The van der Waals surface area contributed by atoms with Crippen LogP contribution in [0.5, 0.6) is 0 Å². The summed E-state index contributed by atoms with van der Waals surface area (Å²) in [5, 5.41) is 4.82. The van der Waals surface area contributed by atoms with Gasteiger partial charge in [-0.2, -0.15) is 8.78 Å². The summed E-state index contributed by atoms with van der Waals surface area (Å²) in [5.41, 5.74) is -3.35. The molecule has 1 unspecified atom stereocenters. The predicted octanol–water partition coefficient (Wildman–Crippen LogP) is 3.30. The first-order valence-electron chi connectivity index (χ1n) is 4.75. The lowest BCUT2D eigenvalue weighted by molar-refractivity contribution is -0.340. The third kappa shape index (κ3) is 2.15. The fraction of sp³-hybridized carbons (Fsp3) is 0.222. The van der Waals surface area contributed by atoms with E-state index in [4.69, 9.17) is 5.11 Å². The summed E-state index contributed by atoms with van der Waals surface area (Å²) in [4.78, 5) is 10.3. The molecule has 0 bridgehead atoms. The Morgan fingerprint density at radius 3 is 1.41 bits per heavy atom. The van der Waals surface area contributed by atoms with E-state index in [9.17, 15) is 48.9 Å². The maximum Gasteiger partial charge on any atom is 0.383 e. The minimum atomic E-state index is -6.34. The van der Waals surface area contributed by atoms with E-state index in [0.29, 0.717) is 0 Å². The Morgan fingerprint density at radius 1 is 0.818 bits per heavy atom. The summed E-state index contributed by atoms with van der Waals surface area (Å²) in [6, 6.07) is 0. The lowest BCUT2D eigenvalue weighted by atomic mass is 9.97. The molecule has 1 rings (SSSR count). The highest BCUT2D eigenvalue weighted by Gasteiger charge is 2.70. The van der Waals surface area contributed by atoms with Crippen molar-refractivity contribution < 1.29 is 54.0 Å². The SMILES string of the molecule is O=C(O)C(F)(N(F)F)C(F)(F)c1c(F)c(F)c(F)c(F)c1F. The third-order valence-corrected chi connectivity index (χ3v) is 2.46. The van der Waals surface area contributed by atoms with E-state index in [1.165, 1.54) is 0 Å². The summed E-state index contributed by atoms with van der Waals surface area (Å²) in [5.74, 6) is -31.7. The number of carboxylic acid groups (broad SMARTS) is 1. The fourth-order valence-electron chi connectivity index (χ4n) is 1.36. The number of carboxylic acids is 1. The zero-order valence-corrected chi connectivity index (χ0v) is 9.58. The van der Waals surface area contributed by atoms with Gasteiger partial charge in [-0.25, -0.2) is 31.1 Å². The van der Waals surface area contributed by atoms with Crippen LogP contribution in [-0.4, -0.2) is 22.2 Å². The first kappa shape index (κ1) is 18.0. The van der Waals surface area contributed by atoms with Crippen LogP contribution in [0.4, 0.5) is 44.1 Å². The number of aliphatic carboxylic acids is 1. The molecule has 1 N–H and O–H groups in total. The molecule has 13 heteroatoms. The molecule has 0 heterocycles. The molecular weight excluding hydrogens is 344 g/mol. The van der Waals surface area contributed by atoms with Crippen LogP contribution in [0.1, 0.15) is 5.56 Å². The quantitative estimate of drug-likeness (QED) is 0.299. The van der Waals surface area contributed by atoms with Crippen molar-refractivity contribution in [2.75, 3.05) is 0 Å². The van der Waals surface area contributed by atoms with Crippen LogP contribution in [0.2, 0.25) is 0 Å². The van der Waals surface area contributed by atoms with E-state index >= 15 is 0 Å². The predicted molar refractivity (Wildman–Crippen MR) is 45.7 cm³/mol. The summed E-state index contributed by atoms with van der Waals surface area (Å²) < 4.78 is 129. The second-order valence-corrected chi connectivity index (χ2v) is 3.68. The van der Waals surface area contributed by atoms with Crippen molar-refractivity contribution in [3.63, 3.8) is 0 Å². The van der Waals surface area contributed by atoms with Gasteiger partial charge in [0.2, 0.25) is 5.82 Å². The molecule has 1 aromatic rings. The van der Waals surface area contributed by atoms with Crippen LogP contribution < -0.4 is 0 Å². The van der Waals surface area contributed by atoms with Crippen LogP contribution in [-0.2, 0) is 10.7 Å². The highest BCUT2D eigenvalue weighted by Crippen LogP contribution is 2.47. The van der Waals surface area contributed by atoms with Gasteiger partial charge in [-0.05, 0) is 0 Å². The van der Waals surface area contributed by atoms with Crippen molar-refractivity contribution in [1.82, 2.24) is 5.34 Å². The molecular formula is C9HF10NO2. The van der Waals surface area contributed by atoms with E-state index in [-0.39, 0.29) is 0 Å². The minimum Gasteiger partial charge on any atom is -0.478 e. The largest absolute Gasteiger partial charge is 0.478 e. The average molecular weight is 345 g/mol. The van der Waals surface area contributed by atoms with Crippen LogP contribution in [0, 0.1) is 29.1 Å². The molecule has 0 aliphatic carbocycles. The van der Waals surface area contributed by atoms with Gasteiger partial charge in [0.25, 0.3) is 0 Å². The number of alkyl halides is 3. The molecule has 0 fully saturated rings. The van der Waals surface area contributed by atoms with Gasteiger partial charge < -0.3 is 5.11 Å². The zero-order chi connectivity index (χ0) is 17.6. The molecule has 0 aliphatic heterocycles. The molecule has 0 aliphatic rings. The minimum absolute atomic E-state index is 2.92. The van der Waals surface area contributed by atoms with Crippen LogP contribution >= 0.6 is 0 Å². The van der Waals surface area contributed by atoms with Crippen LogP contribution in [0.15, 0.2) is 0 Å². The molecule has 1 aromatic carbocycles. The van der Waals surface area contributed by atoms with Gasteiger partial charge in [-0.3, -0.25) is 0 Å². The van der Waals surface area contributed by atoms with Crippen molar-refractivity contribution in [2.45, 2.75) is 11.7 Å². The fourth-order valence-corrected chi connectivity index (χ4v) is 1.36. The first-order valence-corrected chi connectivity index (χ1v) is 4.75. The van der Waals surface area contributed by atoms with Crippen LogP contribution in [0.3, 0.4) is 0 Å². The second kappa shape index (κ2) is 5.30. The maximum absolute atomic E-state index is 13.5. The molecule has 1 atom stereocenters. The highest BCUT2D eigenvalue weighted by molar-refractivity contribution is 5.78. The molecule has 0 aromatic heterocycles. The van der Waals surface area contributed by atoms with Crippen LogP contribution in [0.25, 0.3) is 0 Å². The standard InChI is InChI=1S/C9HF10NO2/c10-2-1(3(11)5(13)6(14)4(2)12)8(15,16)9(17,7(21)22)20(18)19/h(H,21,22). The van der Waals surface area contributed by atoms with Gasteiger partial charge in [0.1, 0.15) is 5.56 Å². The zero-order valence-electron chi connectivity index (χ0n) is 9.58. The topological polar surface area (TPSA) is 40.5 Å². The number of rotatable bonds is 4. The molecule has 124 valence electrons. The Bertz CT molecular complexity index is 604. The molecule has 0 spiro atoms. The van der Waals surface area contributed by atoms with E-state index in [1.54, 1.807) is 0 Å². The van der Waals surface area contributed by atoms with Crippen molar-refractivity contribution in [2.24, 2.45) is 0 Å². The summed E-state index contributed by atoms with van der Waals surface area (Å²) in [6.45, 7) is 0. The Kier molecular flexibility index (Phi) is 4.33. The molecule has 0 radical (unpaired) electrons. The van der Waals surface area contributed by atoms with Gasteiger partial charge in [-0.15, -0.1) is 0 Å². The van der Waals surface area contributed by atoms with Crippen molar-refractivity contribution >= 4 is 5.97 Å². The van der Waals surface area contributed by atoms with Gasteiger partial charge in [0.05, 0.1) is 5.34 Å². The van der Waals surface area contributed by atoms with Gasteiger partial charge in [-0.1, -0.05) is 8.96 Å². The molecule has 3 nitrogen and oxygen atoms in total. The maximum atomic E-state index is 13.5. The third-order valence-electron chi connectivity index (χ3n) is 2.46. The van der Waals surface area contributed by atoms with Gasteiger partial charge in [0.15, 0.2) is 23.3 Å². The van der Waals surface area contributed by atoms with Crippen molar-refractivity contribution in [1.29, 1.82) is 0 Å². The Balaban J connectivity index is 3.84. The Labute approximate surface area is 113 Å². The number of nitrogens with zero attached hydrogens (tertiary/aromatic N) is 1. The van der Waals surface area contributed by atoms with E-state index in [2.05, 4.69) is 0 Å². The van der Waals surface area contributed by atoms with E-state index < -0.39 is 57.7 Å². The van der Waals surface area contributed by atoms with Gasteiger partial charge >= 0.3 is 17.7 Å². The second-order valence-electron chi connectivity index (χ2n) is 3.68.